The van der Waals surface area contributed by atoms with E-state index in [1.54, 1.807) is 0 Å². The quantitative estimate of drug-likeness (QED) is 0.728. The van der Waals surface area contributed by atoms with E-state index in [0.717, 1.165) is 5.92 Å². The molecular weight excluding hydrogens is 172 g/mol. The number of hydrogen-bond donors (Lipinski definition) is 1. The maximum Gasteiger partial charge on any atom is 0.0187 e. The Hall–Kier alpha value is -0.0800. The van der Waals surface area contributed by atoms with Crippen LogP contribution < -0.4 is 5.73 Å². The molecule has 14 heavy (non-hydrogen) atoms. The minimum Gasteiger partial charge on any atom is -0.325 e. The van der Waals surface area contributed by atoms with Crippen molar-refractivity contribution in [2.45, 2.75) is 51.0 Å². The molecule has 82 valence electrons. The van der Waals surface area contributed by atoms with E-state index >= 15 is 0 Å². The van der Waals surface area contributed by atoms with E-state index in [1.807, 2.05) is 0 Å². The summed E-state index contributed by atoms with van der Waals surface area (Å²) in [6, 6.07) is 0. The van der Waals surface area contributed by atoms with Crippen LogP contribution in [0.1, 0.15) is 45.4 Å². The van der Waals surface area contributed by atoms with Crippen molar-refractivity contribution in [2.75, 3.05) is 19.6 Å². The molecule has 2 N–H and O–H groups in total. The van der Waals surface area contributed by atoms with Gasteiger partial charge in [-0.05, 0) is 57.7 Å². The monoisotopic (exact) mass is 196 g/mol. The Morgan fingerprint density at radius 3 is 2.64 bits per heavy atom. The predicted octanol–water partition coefficient (Wildman–Crippen LogP) is 1.99. The molecule has 0 radical (unpaired) electrons. The van der Waals surface area contributed by atoms with Crippen LogP contribution in [0.4, 0.5) is 0 Å². The Bertz CT molecular complexity index is 187. The largest absolute Gasteiger partial charge is 0.325 e. The molecule has 0 aromatic carbocycles. The molecule has 1 aliphatic heterocycles. The van der Waals surface area contributed by atoms with Gasteiger partial charge in [-0.15, -0.1) is 0 Å². The Kier molecular flexibility index (Phi) is 3.13. The molecule has 2 aliphatic rings. The normalized spacial score (nSPS) is 37.7. The summed E-state index contributed by atoms with van der Waals surface area (Å²) in [6.45, 7) is 6.21. The second-order valence-corrected chi connectivity index (χ2v) is 5.19. The third-order valence-corrected chi connectivity index (χ3v) is 4.09. The number of rotatable bonds is 5. The van der Waals surface area contributed by atoms with Crippen molar-refractivity contribution >= 4 is 0 Å². The summed E-state index contributed by atoms with van der Waals surface area (Å²) in [7, 11) is 0. The van der Waals surface area contributed by atoms with Gasteiger partial charge in [0.1, 0.15) is 0 Å². The molecule has 2 nitrogen and oxygen atoms in total. The second kappa shape index (κ2) is 4.19. The van der Waals surface area contributed by atoms with Crippen LogP contribution in [-0.2, 0) is 0 Å². The number of nitrogens with zero attached hydrogens (tertiary/aromatic N) is 1. The first kappa shape index (κ1) is 10.4. The highest BCUT2D eigenvalue weighted by atomic mass is 15.1. The molecule has 0 amide bonds. The van der Waals surface area contributed by atoms with Gasteiger partial charge in [-0.1, -0.05) is 13.3 Å². The van der Waals surface area contributed by atoms with E-state index in [2.05, 4.69) is 11.8 Å². The van der Waals surface area contributed by atoms with Crippen LogP contribution in [0.25, 0.3) is 0 Å². The van der Waals surface area contributed by atoms with Gasteiger partial charge in [0.2, 0.25) is 0 Å². The summed E-state index contributed by atoms with van der Waals surface area (Å²) in [5, 5.41) is 0. The molecule has 1 aliphatic carbocycles. The first-order valence-electron chi connectivity index (χ1n) is 6.26. The van der Waals surface area contributed by atoms with Crippen LogP contribution in [0.15, 0.2) is 0 Å². The van der Waals surface area contributed by atoms with Crippen LogP contribution in [0.3, 0.4) is 0 Å². The average molecular weight is 196 g/mol. The molecule has 2 rings (SSSR count). The molecule has 0 bridgehead atoms. The molecule has 1 heterocycles. The minimum absolute atomic E-state index is 0.245. The van der Waals surface area contributed by atoms with E-state index in [4.69, 9.17) is 5.73 Å². The Morgan fingerprint density at radius 2 is 2.07 bits per heavy atom. The fourth-order valence-electron chi connectivity index (χ4n) is 2.89. The molecule has 1 saturated heterocycles. The first-order valence-corrected chi connectivity index (χ1v) is 6.26. The van der Waals surface area contributed by atoms with Gasteiger partial charge in [0, 0.05) is 5.54 Å². The van der Waals surface area contributed by atoms with Gasteiger partial charge in [-0.25, -0.2) is 0 Å². The van der Waals surface area contributed by atoms with E-state index in [9.17, 15) is 0 Å². The lowest BCUT2D eigenvalue weighted by molar-refractivity contribution is 0.320. The van der Waals surface area contributed by atoms with Gasteiger partial charge in [0.25, 0.3) is 0 Å². The summed E-state index contributed by atoms with van der Waals surface area (Å²) in [5.41, 5.74) is 6.51. The van der Waals surface area contributed by atoms with Gasteiger partial charge >= 0.3 is 0 Å². The van der Waals surface area contributed by atoms with E-state index in [-0.39, 0.29) is 5.54 Å². The van der Waals surface area contributed by atoms with Crippen LogP contribution in [0, 0.1) is 5.92 Å². The summed E-state index contributed by atoms with van der Waals surface area (Å²) in [4.78, 5) is 2.59. The predicted molar refractivity (Wildman–Crippen MR) is 60.2 cm³/mol. The van der Waals surface area contributed by atoms with Crippen molar-refractivity contribution < 1.29 is 0 Å². The molecule has 2 fully saturated rings. The summed E-state index contributed by atoms with van der Waals surface area (Å²) < 4.78 is 0. The van der Waals surface area contributed by atoms with Crippen molar-refractivity contribution in [3.63, 3.8) is 0 Å². The fourth-order valence-corrected chi connectivity index (χ4v) is 2.89. The van der Waals surface area contributed by atoms with Crippen LogP contribution in [-0.4, -0.2) is 30.1 Å². The zero-order chi connectivity index (χ0) is 10.0. The number of hydrogen-bond acceptors (Lipinski definition) is 2. The van der Waals surface area contributed by atoms with Gasteiger partial charge < -0.3 is 10.6 Å². The standard InChI is InChI=1S/C12H24N2/c1-2-11-10-12(11,13)6-5-9-14-7-3-4-8-14/h11H,2-10,13H2,1H3. The third-order valence-electron chi connectivity index (χ3n) is 4.09. The SMILES string of the molecule is CCC1CC1(N)CCCN1CCCC1. The third kappa shape index (κ3) is 2.29. The van der Waals surface area contributed by atoms with E-state index in [0.29, 0.717) is 0 Å². The van der Waals surface area contributed by atoms with Crippen molar-refractivity contribution in [2.24, 2.45) is 11.7 Å². The van der Waals surface area contributed by atoms with Crippen LogP contribution in [0.5, 0.6) is 0 Å². The van der Waals surface area contributed by atoms with E-state index in [1.165, 1.54) is 58.2 Å². The van der Waals surface area contributed by atoms with Crippen molar-refractivity contribution in [3.05, 3.63) is 0 Å². The molecule has 2 heteroatoms. The molecule has 0 spiro atoms. The summed E-state index contributed by atoms with van der Waals surface area (Å²) in [6.07, 6.45) is 7.94. The molecular formula is C12H24N2. The van der Waals surface area contributed by atoms with Gasteiger partial charge in [-0.2, -0.15) is 0 Å². The van der Waals surface area contributed by atoms with Gasteiger partial charge in [0.15, 0.2) is 0 Å². The zero-order valence-electron chi connectivity index (χ0n) is 9.47. The lowest BCUT2D eigenvalue weighted by Crippen LogP contribution is -2.28. The molecule has 0 aromatic rings. The lowest BCUT2D eigenvalue weighted by atomic mass is 10.1. The van der Waals surface area contributed by atoms with E-state index < -0.39 is 0 Å². The Labute approximate surface area is 87.8 Å². The lowest BCUT2D eigenvalue weighted by Gasteiger charge is -2.16. The molecule has 0 aromatic heterocycles. The highest BCUT2D eigenvalue weighted by Gasteiger charge is 2.48. The maximum atomic E-state index is 6.27. The van der Waals surface area contributed by atoms with Crippen molar-refractivity contribution in [1.29, 1.82) is 0 Å². The summed E-state index contributed by atoms with van der Waals surface area (Å²) in [5.74, 6) is 0.834. The average Bonchev–Trinajstić information content (AvgIpc) is 2.63. The molecule has 2 atom stereocenters. The highest BCUT2D eigenvalue weighted by molar-refractivity contribution is 5.06. The first-order chi connectivity index (χ1) is 6.74. The highest BCUT2D eigenvalue weighted by Crippen LogP contribution is 2.46. The van der Waals surface area contributed by atoms with Gasteiger partial charge in [-0.3, -0.25) is 0 Å². The van der Waals surface area contributed by atoms with Crippen LogP contribution in [0.2, 0.25) is 0 Å². The zero-order valence-corrected chi connectivity index (χ0v) is 9.47. The molecule has 1 saturated carbocycles. The van der Waals surface area contributed by atoms with Gasteiger partial charge in [0.05, 0.1) is 0 Å². The van der Waals surface area contributed by atoms with Crippen LogP contribution >= 0.6 is 0 Å². The molecule has 2 unspecified atom stereocenters. The Morgan fingerprint density at radius 1 is 1.36 bits per heavy atom. The van der Waals surface area contributed by atoms with Crippen molar-refractivity contribution in [1.82, 2.24) is 4.90 Å². The number of likely N-dealkylation sites (tertiary alicyclic amines) is 1. The summed E-state index contributed by atoms with van der Waals surface area (Å²) >= 11 is 0. The number of nitrogens with two attached hydrogens (primary N) is 1. The topological polar surface area (TPSA) is 29.3 Å². The van der Waals surface area contributed by atoms with Crippen molar-refractivity contribution in [3.8, 4) is 0 Å². The smallest absolute Gasteiger partial charge is 0.0187 e. The Balaban J connectivity index is 1.59. The fraction of sp³-hybridized carbons (Fsp3) is 1.00. The second-order valence-electron chi connectivity index (χ2n) is 5.19. The minimum atomic E-state index is 0.245. The maximum absolute atomic E-state index is 6.27.